The fraction of sp³-hybridized carbons (Fsp3) is 0.0909. The maximum absolute atomic E-state index is 2.50. The van der Waals surface area contributed by atoms with Crippen LogP contribution in [0.1, 0.15) is 68.4 Å². The number of allylic oxidation sites excluding steroid dienone is 6. The summed E-state index contributed by atoms with van der Waals surface area (Å²) in [5.41, 5.74) is 21.8. The third kappa shape index (κ3) is 9.00. The minimum Gasteiger partial charge on any atom is -0.314 e. The molecule has 0 saturated heterocycles. The van der Waals surface area contributed by atoms with Crippen LogP contribution >= 0.6 is 0 Å². The molecule has 2 heteroatoms. The molecule has 0 saturated carbocycles. The highest BCUT2D eigenvalue weighted by molar-refractivity contribution is 6.11. The normalized spacial score (nSPS) is 13.2. The molecule has 2 nitrogen and oxygen atoms in total. The Hall–Kier alpha value is -9.50. The van der Waals surface area contributed by atoms with Crippen LogP contribution < -0.4 is 4.90 Å². The number of para-hydroxylation sites is 1. The predicted molar refractivity (Wildman–Crippen MR) is 339 cm³/mol. The quantitative estimate of drug-likeness (QED) is 0.131. The molecule has 14 rings (SSSR count). The Morgan fingerprint density at radius 2 is 0.949 bits per heavy atom. The van der Waals surface area contributed by atoms with E-state index in [2.05, 4.69) is 289 Å². The second-order valence-corrected chi connectivity index (χ2v) is 20.2. The van der Waals surface area contributed by atoms with Gasteiger partial charge in [-0.15, -0.1) is 0 Å². The number of hydrogen-bond acceptors (Lipinski definition) is 1. The minimum atomic E-state index is -0.495. The molecule has 0 radical (unpaired) electrons. The molecular weight excluding hydrogens is 953 g/mol. The third-order valence-electron chi connectivity index (χ3n) is 15.9. The molecule has 0 bridgehead atoms. The van der Waals surface area contributed by atoms with Crippen molar-refractivity contribution in [2.45, 2.75) is 46.0 Å². The molecule has 11 aromatic carbocycles. The molecule has 2 aliphatic rings. The number of rotatable bonds is 9. The number of nitrogens with zero attached hydrogens (tertiary/aromatic N) is 2. The monoisotopic (exact) mass is 1020 g/mol. The summed E-state index contributed by atoms with van der Waals surface area (Å²) in [4.78, 5) is 2.48. The van der Waals surface area contributed by atoms with E-state index in [0.717, 1.165) is 24.2 Å². The fourth-order valence-corrected chi connectivity index (χ4v) is 12.3. The van der Waals surface area contributed by atoms with Crippen molar-refractivity contribution in [2.75, 3.05) is 4.90 Å². The maximum atomic E-state index is 2.50. The van der Waals surface area contributed by atoms with Crippen molar-refractivity contribution in [2.24, 2.45) is 0 Å². The Bertz CT molecular complexity index is 4160. The summed E-state index contributed by atoms with van der Waals surface area (Å²) in [5, 5.41) is 4.95. The van der Waals surface area contributed by atoms with E-state index in [1.807, 2.05) is 39.8 Å². The second-order valence-electron chi connectivity index (χ2n) is 20.2. The number of benzene rings is 11. The zero-order valence-electron chi connectivity index (χ0n) is 45.5. The van der Waals surface area contributed by atoms with Crippen LogP contribution in [0.15, 0.2) is 297 Å². The van der Waals surface area contributed by atoms with Gasteiger partial charge in [-0.1, -0.05) is 257 Å². The van der Waals surface area contributed by atoms with Gasteiger partial charge in [-0.3, -0.25) is 0 Å². The van der Waals surface area contributed by atoms with E-state index >= 15 is 0 Å². The summed E-state index contributed by atoms with van der Waals surface area (Å²) >= 11 is 0. The highest BCUT2D eigenvalue weighted by Crippen LogP contribution is 2.57. The van der Waals surface area contributed by atoms with Gasteiger partial charge in [0.1, 0.15) is 0 Å². The average Bonchev–Trinajstić information content (AvgIpc) is 3.98. The summed E-state index contributed by atoms with van der Waals surface area (Å²) in [6.07, 6.45) is 10.6. The van der Waals surface area contributed by atoms with Crippen LogP contribution in [0.5, 0.6) is 0 Å². The van der Waals surface area contributed by atoms with Gasteiger partial charge in [0.2, 0.25) is 0 Å². The summed E-state index contributed by atoms with van der Waals surface area (Å²) in [7, 11) is 0. The first kappa shape index (κ1) is 50.3. The van der Waals surface area contributed by atoms with Gasteiger partial charge in [0.05, 0.1) is 22.1 Å². The first-order valence-corrected chi connectivity index (χ1v) is 28.0. The van der Waals surface area contributed by atoms with Gasteiger partial charge >= 0.3 is 0 Å². The molecule has 0 N–H and O–H groups in total. The summed E-state index contributed by atoms with van der Waals surface area (Å²) in [5.74, 6) is 0. The molecule has 1 heterocycles. The summed E-state index contributed by atoms with van der Waals surface area (Å²) in [6.45, 7) is 8.00. The molecular formula is C77H64N2. The summed E-state index contributed by atoms with van der Waals surface area (Å²) in [6, 6.07) is 98.7. The number of fused-ring (bicyclic) bond motifs is 7. The largest absolute Gasteiger partial charge is 0.314 e. The van der Waals surface area contributed by atoms with Crippen molar-refractivity contribution in [1.82, 2.24) is 4.57 Å². The number of aromatic nitrogens is 1. The van der Waals surface area contributed by atoms with Gasteiger partial charge < -0.3 is 9.47 Å². The van der Waals surface area contributed by atoms with Crippen LogP contribution in [0.25, 0.3) is 77.2 Å². The van der Waals surface area contributed by atoms with Crippen LogP contribution in [0.3, 0.4) is 0 Å². The van der Waals surface area contributed by atoms with E-state index in [9.17, 15) is 0 Å². The SMILES string of the molecule is C/C=C\C.C1=C(c2ccccc2)CCC(N(c2ccc(-c3ccccc3-c3ccc4c5ccccc5n(-c5ccc6c(c5)C(c5ccccc5)(c5ccccc5)c5ccccc5-6)c4c3)cc2)c2cccc3ccccc23)=C1.CC. The van der Waals surface area contributed by atoms with Crippen LogP contribution in [-0.4, -0.2) is 4.57 Å². The lowest BCUT2D eigenvalue weighted by atomic mass is 9.67. The molecule has 79 heavy (non-hydrogen) atoms. The predicted octanol–water partition coefficient (Wildman–Crippen LogP) is 21.1. The topological polar surface area (TPSA) is 8.17 Å². The van der Waals surface area contributed by atoms with Crippen LogP contribution in [-0.2, 0) is 5.41 Å². The molecule has 12 aromatic rings. The van der Waals surface area contributed by atoms with E-state index in [4.69, 9.17) is 0 Å². The Kier molecular flexibility index (Phi) is 14.2. The maximum Gasteiger partial charge on any atom is 0.0714 e. The fourth-order valence-electron chi connectivity index (χ4n) is 12.3. The van der Waals surface area contributed by atoms with Crippen molar-refractivity contribution in [1.29, 1.82) is 0 Å². The van der Waals surface area contributed by atoms with Gasteiger partial charge in [0, 0.05) is 33.2 Å². The van der Waals surface area contributed by atoms with Crippen LogP contribution in [0, 0.1) is 0 Å². The van der Waals surface area contributed by atoms with Gasteiger partial charge in [0.15, 0.2) is 0 Å². The Morgan fingerprint density at radius 1 is 0.392 bits per heavy atom. The lowest BCUT2D eigenvalue weighted by Gasteiger charge is -2.34. The van der Waals surface area contributed by atoms with Gasteiger partial charge in [-0.25, -0.2) is 0 Å². The van der Waals surface area contributed by atoms with E-state index in [-0.39, 0.29) is 0 Å². The Morgan fingerprint density at radius 3 is 1.63 bits per heavy atom. The van der Waals surface area contributed by atoms with Crippen molar-refractivity contribution < 1.29 is 0 Å². The minimum absolute atomic E-state index is 0.495. The van der Waals surface area contributed by atoms with Gasteiger partial charge in [-0.2, -0.15) is 0 Å². The molecule has 1 aromatic heterocycles. The zero-order chi connectivity index (χ0) is 53.7. The second kappa shape index (κ2) is 22.2. The highest BCUT2D eigenvalue weighted by Gasteiger charge is 2.46. The zero-order valence-corrected chi connectivity index (χ0v) is 45.5. The molecule has 0 unspecified atom stereocenters. The number of anilines is 2. The van der Waals surface area contributed by atoms with Crippen molar-refractivity contribution in [3.05, 3.63) is 325 Å². The van der Waals surface area contributed by atoms with Gasteiger partial charge in [-0.05, 0) is 147 Å². The van der Waals surface area contributed by atoms with E-state index < -0.39 is 5.41 Å². The van der Waals surface area contributed by atoms with E-state index in [1.54, 1.807) is 0 Å². The van der Waals surface area contributed by atoms with Gasteiger partial charge in [0.25, 0.3) is 0 Å². The molecule has 0 fully saturated rings. The Labute approximate surface area is 466 Å². The highest BCUT2D eigenvalue weighted by atomic mass is 15.1. The standard InChI is InChI=1S/C71H50N2.C4H8.C2H6/c1-4-19-49(20-5-1)50-35-40-56(41-36-50)72(68-34-18-22-51-21-10-11-29-61(51)68)57-42-37-52(38-43-57)59-27-12-13-28-60(59)53-39-45-65-64-31-15-17-33-69(64)73(70(65)47-53)58-44-46-63-62-30-14-16-32-66(62)71(67(63)48-58,54-23-6-2-7-24-54)55-25-8-3-9-26-55;1-3-4-2;1-2/h1-35,37-40,42-48H,36,41H2;3-4H,1-2H3;1-2H3/b;4-3-;. The van der Waals surface area contributed by atoms with Crippen molar-refractivity contribution in [3.63, 3.8) is 0 Å². The average molecular weight is 1020 g/mol. The molecule has 0 aliphatic heterocycles. The van der Waals surface area contributed by atoms with E-state index in [0.29, 0.717) is 0 Å². The smallest absolute Gasteiger partial charge is 0.0714 e. The first-order chi connectivity index (χ1) is 39.1. The van der Waals surface area contributed by atoms with Crippen LogP contribution in [0.2, 0.25) is 0 Å². The third-order valence-corrected chi connectivity index (χ3v) is 15.9. The number of hydrogen-bond donors (Lipinski definition) is 0. The van der Waals surface area contributed by atoms with Crippen LogP contribution in [0.4, 0.5) is 11.4 Å². The van der Waals surface area contributed by atoms with E-state index in [1.165, 1.54) is 111 Å². The lowest BCUT2D eigenvalue weighted by molar-refractivity contribution is 0.767. The first-order valence-electron chi connectivity index (χ1n) is 28.0. The molecule has 382 valence electrons. The van der Waals surface area contributed by atoms with Crippen molar-refractivity contribution in [3.8, 4) is 39.1 Å². The molecule has 2 aliphatic carbocycles. The summed E-state index contributed by atoms with van der Waals surface area (Å²) < 4.78 is 2.50. The Balaban J connectivity index is 0.000000996. The molecule has 0 amide bonds. The lowest BCUT2D eigenvalue weighted by Crippen LogP contribution is -2.28. The molecule has 0 atom stereocenters. The molecule has 0 spiro atoms. The van der Waals surface area contributed by atoms with Crippen molar-refractivity contribution >= 4 is 49.5 Å².